The maximum atomic E-state index is 12.2. The topological polar surface area (TPSA) is 42.0 Å². The molecule has 1 aliphatic rings. The lowest BCUT2D eigenvalue weighted by Crippen LogP contribution is -2.48. The van der Waals surface area contributed by atoms with E-state index in [1.165, 1.54) is 0 Å². The number of piperazine rings is 1. The number of carbonyl (C=O) groups is 1. The van der Waals surface area contributed by atoms with Crippen LogP contribution in [0, 0.1) is 0 Å². The van der Waals surface area contributed by atoms with Gasteiger partial charge in [-0.3, -0.25) is 0 Å². The van der Waals surface area contributed by atoms with Crippen LogP contribution in [0.3, 0.4) is 0 Å². The fourth-order valence-electron chi connectivity index (χ4n) is 2.50. The zero-order valence-corrected chi connectivity index (χ0v) is 15.5. The minimum absolute atomic E-state index is 0.295. The highest BCUT2D eigenvalue weighted by Gasteiger charge is 2.27. The maximum absolute atomic E-state index is 12.2. The van der Waals surface area contributed by atoms with E-state index < -0.39 is 5.60 Å². The van der Waals surface area contributed by atoms with Gasteiger partial charge in [-0.2, -0.15) is 0 Å². The zero-order valence-electron chi connectivity index (χ0n) is 14.8. The van der Waals surface area contributed by atoms with E-state index in [0.29, 0.717) is 37.0 Å². The van der Waals surface area contributed by atoms with Crippen LogP contribution in [0.1, 0.15) is 26.3 Å². The van der Waals surface area contributed by atoms with Crippen LogP contribution < -0.4 is 4.74 Å². The van der Waals surface area contributed by atoms with Crippen LogP contribution in [0.25, 0.3) is 0 Å². The Kier molecular flexibility index (Phi) is 5.65. The van der Waals surface area contributed by atoms with Gasteiger partial charge in [-0.15, -0.1) is 0 Å². The lowest BCUT2D eigenvalue weighted by atomic mass is 10.1. The first-order valence-electron chi connectivity index (χ1n) is 7.92. The highest BCUT2D eigenvalue weighted by Crippen LogP contribution is 2.26. The molecule has 0 saturated carbocycles. The minimum atomic E-state index is -0.491. The number of nitrogens with zero attached hydrogens (tertiary/aromatic N) is 2. The molecule has 1 aromatic rings. The standard InChI is InChI=1S/C18H25ClN2O3/c1-13-11-21(17(22)24-18(2,3)4)9-8-20(13)12-14-6-7-15(19)16(10-14)23-5/h6-7,10H,1,8-9,11-12H2,2-5H3. The molecule has 1 amide bonds. The normalized spacial score (nSPS) is 15.5. The third-order valence-corrected chi connectivity index (χ3v) is 4.01. The van der Waals surface area contributed by atoms with Crippen LogP contribution in [0.4, 0.5) is 4.79 Å². The Bertz CT molecular complexity index is 625. The van der Waals surface area contributed by atoms with Crippen LogP contribution >= 0.6 is 11.6 Å². The van der Waals surface area contributed by atoms with Crippen LogP contribution in [-0.4, -0.2) is 48.2 Å². The maximum Gasteiger partial charge on any atom is 0.410 e. The first kappa shape index (κ1) is 18.5. The Balaban J connectivity index is 1.97. The smallest absolute Gasteiger partial charge is 0.410 e. The molecule has 1 aromatic carbocycles. The number of hydrogen-bond acceptors (Lipinski definition) is 4. The van der Waals surface area contributed by atoms with Crippen molar-refractivity contribution in [2.45, 2.75) is 32.9 Å². The van der Waals surface area contributed by atoms with Crippen LogP contribution in [0.2, 0.25) is 5.02 Å². The van der Waals surface area contributed by atoms with Gasteiger partial charge in [-0.25, -0.2) is 4.79 Å². The Labute approximate surface area is 148 Å². The van der Waals surface area contributed by atoms with Crippen molar-refractivity contribution in [2.75, 3.05) is 26.7 Å². The molecule has 1 aliphatic heterocycles. The van der Waals surface area contributed by atoms with Gasteiger partial charge in [0, 0.05) is 25.3 Å². The summed E-state index contributed by atoms with van der Waals surface area (Å²) in [4.78, 5) is 16.0. The Hall–Kier alpha value is -1.88. The van der Waals surface area contributed by atoms with E-state index in [2.05, 4.69) is 11.5 Å². The highest BCUT2D eigenvalue weighted by atomic mass is 35.5. The SMILES string of the molecule is C=C1CN(C(=O)OC(C)(C)C)CCN1Cc1ccc(Cl)c(OC)c1. The number of methoxy groups -OCH3 is 1. The van der Waals surface area contributed by atoms with Gasteiger partial charge in [0.1, 0.15) is 11.4 Å². The molecule has 24 heavy (non-hydrogen) atoms. The lowest BCUT2D eigenvalue weighted by molar-refractivity contribution is 0.0195. The molecule has 1 heterocycles. The van der Waals surface area contributed by atoms with E-state index in [1.807, 2.05) is 39.0 Å². The fourth-order valence-corrected chi connectivity index (χ4v) is 2.69. The van der Waals surface area contributed by atoms with Crippen molar-refractivity contribution in [2.24, 2.45) is 0 Å². The van der Waals surface area contributed by atoms with Gasteiger partial charge in [0.15, 0.2) is 0 Å². The van der Waals surface area contributed by atoms with Crippen LogP contribution in [0.5, 0.6) is 5.75 Å². The fraction of sp³-hybridized carbons (Fsp3) is 0.500. The third kappa shape index (κ3) is 4.81. The van der Waals surface area contributed by atoms with Crippen molar-refractivity contribution in [3.05, 3.63) is 41.1 Å². The number of rotatable bonds is 3. The molecule has 0 spiro atoms. The second kappa shape index (κ2) is 7.34. The summed E-state index contributed by atoms with van der Waals surface area (Å²) in [6.45, 7) is 12.2. The van der Waals surface area contributed by atoms with Gasteiger partial charge in [-0.05, 0) is 38.5 Å². The predicted molar refractivity (Wildman–Crippen MR) is 95.4 cm³/mol. The van der Waals surface area contributed by atoms with Gasteiger partial charge >= 0.3 is 6.09 Å². The summed E-state index contributed by atoms with van der Waals surface area (Å²) in [5.74, 6) is 0.659. The van der Waals surface area contributed by atoms with E-state index in [9.17, 15) is 4.79 Å². The molecule has 0 N–H and O–H groups in total. The zero-order chi connectivity index (χ0) is 17.9. The molecule has 0 aromatic heterocycles. The predicted octanol–water partition coefficient (Wildman–Crippen LogP) is 3.92. The first-order valence-corrected chi connectivity index (χ1v) is 8.30. The van der Waals surface area contributed by atoms with Gasteiger partial charge in [-0.1, -0.05) is 24.2 Å². The summed E-state index contributed by atoms with van der Waals surface area (Å²) < 4.78 is 10.7. The van der Waals surface area contributed by atoms with Crippen molar-refractivity contribution in [1.82, 2.24) is 9.80 Å². The molecule has 132 valence electrons. The third-order valence-electron chi connectivity index (χ3n) is 3.70. The quantitative estimate of drug-likeness (QED) is 0.827. The molecular weight excluding hydrogens is 328 g/mol. The molecule has 0 aliphatic carbocycles. The van der Waals surface area contributed by atoms with E-state index in [1.54, 1.807) is 12.0 Å². The summed E-state index contributed by atoms with van der Waals surface area (Å²) in [6.07, 6.45) is -0.295. The van der Waals surface area contributed by atoms with Crippen molar-refractivity contribution < 1.29 is 14.3 Å². The van der Waals surface area contributed by atoms with Crippen molar-refractivity contribution in [3.63, 3.8) is 0 Å². The van der Waals surface area contributed by atoms with Crippen LogP contribution in [0.15, 0.2) is 30.5 Å². The molecule has 1 saturated heterocycles. The Morgan fingerprint density at radius 2 is 2.04 bits per heavy atom. The van der Waals surface area contributed by atoms with Crippen molar-refractivity contribution in [3.8, 4) is 5.75 Å². The summed E-state index contributed by atoms with van der Waals surface area (Å²) >= 11 is 6.06. The average molecular weight is 353 g/mol. The first-order chi connectivity index (χ1) is 11.2. The summed E-state index contributed by atoms with van der Waals surface area (Å²) in [5.41, 5.74) is 1.49. The average Bonchev–Trinajstić information content (AvgIpc) is 2.49. The molecule has 0 atom stereocenters. The van der Waals surface area contributed by atoms with E-state index in [-0.39, 0.29) is 6.09 Å². The number of hydrogen-bond donors (Lipinski definition) is 0. The molecule has 5 nitrogen and oxygen atoms in total. The number of halogens is 1. The summed E-state index contributed by atoms with van der Waals surface area (Å²) in [7, 11) is 1.60. The van der Waals surface area contributed by atoms with Gasteiger partial charge in [0.05, 0.1) is 18.7 Å². The summed E-state index contributed by atoms with van der Waals surface area (Å²) in [5, 5.41) is 0.592. The Morgan fingerprint density at radius 3 is 2.62 bits per heavy atom. The minimum Gasteiger partial charge on any atom is -0.495 e. The summed E-state index contributed by atoms with van der Waals surface area (Å²) in [6, 6.07) is 5.73. The lowest BCUT2D eigenvalue weighted by Gasteiger charge is -2.38. The number of ether oxygens (including phenoxy) is 2. The molecule has 0 bridgehead atoms. The van der Waals surface area contributed by atoms with Crippen molar-refractivity contribution >= 4 is 17.7 Å². The van der Waals surface area contributed by atoms with Gasteiger partial charge < -0.3 is 19.3 Å². The second-order valence-electron chi connectivity index (χ2n) is 6.86. The Morgan fingerprint density at radius 1 is 1.33 bits per heavy atom. The molecule has 0 radical (unpaired) electrons. The molecular formula is C18H25ClN2O3. The van der Waals surface area contributed by atoms with E-state index >= 15 is 0 Å². The number of amides is 1. The van der Waals surface area contributed by atoms with Gasteiger partial charge in [0.2, 0.25) is 0 Å². The molecule has 1 fully saturated rings. The van der Waals surface area contributed by atoms with E-state index in [4.69, 9.17) is 21.1 Å². The largest absolute Gasteiger partial charge is 0.495 e. The molecule has 0 unspecified atom stereocenters. The van der Waals surface area contributed by atoms with Gasteiger partial charge in [0.25, 0.3) is 0 Å². The van der Waals surface area contributed by atoms with Crippen LogP contribution in [-0.2, 0) is 11.3 Å². The molecule has 6 heteroatoms. The number of carbonyl (C=O) groups excluding carboxylic acids is 1. The second-order valence-corrected chi connectivity index (χ2v) is 7.27. The van der Waals surface area contributed by atoms with E-state index in [0.717, 1.165) is 11.3 Å². The monoisotopic (exact) mass is 352 g/mol. The number of benzene rings is 1. The highest BCUT2D eigenvalue weighted by molar-refractivity contribution is 6.32. The molecule has 2 rings (SSSR count). The van der Waals surface area contributed by atoms with Crippen molar-refractivity contribution in [1.29, 1.82) is 0 Å².